The van der Waals surface area contributed by atoms with Crippen LogP contribution in [-0.4, -0.2) is 30.3 Å². The van der Waals surface area contributed by atoms with Gasteiger partial charge in [0.15, 0.2) is 0 Å². The molecule has 4 nitrogen and oxygen atoms in total. The van der Waals surface area contributed by atoms with E-state index in [4.69, 9.17) is 5.73 Å². The number of nitrogens with zero attached hydrogens (tertiary/aromatic N) is 1. The number of halogens is 4. The predicted molar refractivity (Wildman–Crippen MR) is 79.7 cm³/mol. The summed E-state index contributed by atoms with van der Waals surface area (Å²) in [6.07, 6.45) is -4.77. The molecular formula is C14H20ClF3N2O2. The molecule has 1 rings (SSSR count). The molecular weight excluding hydrogens is 321 g/mol. The molecule has 0 heterocycles. The van der Waals surface area contributed by atoms with Gasteiger partial charge in [0.1, 0.15) is 5.75 Å². The van der Waals surface area contributed by atoms with Gasteiger partial charge < -0.3 is 15.4 Å². The second-order valence-corrected chi connectivity index (χ2v) is 5.00. The van der Waals surface area contributed by atoms with E-state index in [0.29, 0.717) is 0 Å². The maximum absolute atomic E-state index is 12.3. The molecule has 0 saturated carbocycles. The Bertz CT molecular complexity index is 495. The van der Waals surface area contributed by atoms with Crippen molar-refractivity contribution < 1.29 is 22.7 Å². The number of hydrogen-bond donors (Lipinski definition) is 1. The van der Waals surface area contributed by atoms with E-state index >= 15 is 0 Å². The average Bonchev–Trinajstić information content (AvgIpc) is 2.37. The van der Waals surface area contributed by atoms with E-state index in [9.17, 15) is 18.0 Å². The van der Waals surface area contributed by atoms with Crippen molar-refractivity contribution in [3.63, 3.8) is 0 Å². The second kappa shape index (κ2) is 8.24. The highest BCUT2D eigenvalue weighted by Crippen LogP contribution is 2.27. The van der Waals surface area contributed by atoms with Crippen LogP contribution in [0.5, 0.6) is 5.75 Å². The second-order valence-electron chi connectivity index (χ2n) is 5.00. The molecule has 0 aliphatic carbocycles. The molecule has 0 fully saturated rings. The number of amides is 1. The molecule has 1 aromatic carbocycles. The first-order valence-corrected chi connectivity index (χ1v) is 6.46. The summed E-state index contributed by atoms with van der Waals surface area (Å²) in [4.78, 5) is 13.4. The molecule has 1 amide bonds. The van der Waals surface area contributed by atoms with Crippen LogP contribution in [0, 0.1) is 5.92 Å². The lowest BCUT2D eigenvalue weighted by Gasteiger charge is -2.24. The van der Waals surface area contributed by atoms with Gasteiger partial charge in [-0.3, -0.25) is 4.79 Å². The Morgan fingerprint density at radius 2 is 1.86 bits per heavy atom. The van der Waals surface area contributed by atoms with E-state index in [1.54, 1.807) is 19.9 Å². The average molecular weight is 341 g/mol. The number of alkyl halides is 3. The molecule has 126 valence electrons. The lowest BCUT2D eigenvalue weighted by atomic mass is 10.0. The van der Waals surface area contributed by atoms with Gasteiger partial charge in [0, 0.05) is 25.2 Å². The van der Waals surface area contributed by atoms with E-state index in [-0.39, 0.29) is 42.2 Å². The topological polar surface area (TPSA) is 55.6 Å². The van der Waals surface area contributed by atoms with Gasteiger partial charge in [-0.15, -0.1) is 25.6 Å². The quantitative estimate of drug-likeness (QED) is 0.896. The summed E-state index contributed by atoms with van der Waals surface area (Å²) in [5.41, 5.74) is 5.94. The van der Waals surface area contributed by atoms with E-state index in [1.165, 1.54) is 30.1 Å². The van der Waals surface area contributed by atoms with E-state index < -0.39 is 12.3 Å². The number of para-hydroxylation sites is 1. The number of rotatable bonds is 5. The molecule has 0 saturated heterocycles. The van der Waals surface area contributed by atoms with Crippen molar-refractivity contribution in [3.05, 3.63) is 29.8 Å². The molecule has 0 aliphatic heterocycles. The molecule has 2 N–H and O–H groups in total. The molecule has 2 unspecified atom stereocenters. The molecule has 0 radical (unpaired) electrons. The minimum Gasteiger partial charge on any atom is -0.405 e. The van der Waals surface area contributed by atoms with Gasteiger partial charge in [-0.2, -0.15) is 0 Å². The van der Waals surface area contributed by atoms with Crippen molar-refractivity contribution in [2.45, 2.75) is 32.8 Å². The number of carbonyl (C=O) groups excluding carboxylic acids is 1. The first-order chi connectivity index (χ1) is 9.61. The number of hydrogen-bond acceptors (Lipinski definition) is 3. The fourth-order valence-corrected chi connectivity index (χ4v) is 1.76. The molecule has 0 aliphatic rings. The van der Waals surface area contributed by atoms with Crippen molar-refractivity contribution in [3.8, 4) is 5.75 Å². The van der Waals surface area contributed by atoms with Gasteiger partial charge in [0.2, 0.25) is 5.91 Å². The zero-order valence-electron chi connectivity index (χ0n) is 12.6. The number of benzene rings is 1. The lowest BCUT2D eigenvalue weighted by molar-refractivity contribution is -0.275. The summed E-state index contributed by atoms with van der Waals surface area (Å²) in [5.74, 6) is -0.949. The van der Waals surface area contributed by atoms with Crippen LogP contribution in [-0.2, 0) is 11.3 Å². The molecule has 0 spiro atoms. The third kappa shape index (κ3) is 6.11. The highest BCUT2D eigenvalue weighted by Gasteiger charge is 2.32. The van der Waals surface area contributed by atoms with Gasteiger partial charge in [0.25, 0.3) is 0 Å². The SMILES string of the molecule is CC(N)C(C)C(=O)N(C)Cc1ccccc1OC(F)(F)F.Cl. The third-order valence-corrected chi connectivity index (χ3v) is 3.16. The number of ether oxygens (including phenoxy) is 1. The minimum absolute atomic E-state index is 0. The standard InChI is InChI=1S/C14H19F3N2O2.ClH/c1-9(10(2)18)13(20)19(3)8-11-6-4-5-7-12(11)21-14(15,16)17;/h4-7,9-10H,8,18H2,1-3H3;1H. The number of carbonyl (C=O) groups is 1. The zero-order valence-corrected chi connectivity index (χ0v) is 13.4. The smallest absolute Gasteiger partial charge is 0.405 e. The minimum atomic E-state index is -4.77. The highest BCUT2D eigenvalue weighted by atomic mass is 35.5. The Balaban J connectivity index is 0.00000441. The summed E-state index contributed by atoms with van der Waals surface area (Å²) in [6.45, 7) is 3.40. The number of nitrogens with two attached hydrogens (primary N) is 1. The van der Waals surface area contributed by atoms with E-state index in [2.05, 4.69) is 4.74 Å². The summed E-state index contributed by atoms with van der Waals surface area (Å²) < 4.78 is 41.0. The predicted octanol–water partition coefficient (Wildman–Crippen LogP) is 2.95. The third-order valence-electron chi connectivity index (χ3n) is 3.16. The molecule has 22 heavy (non-hydrogen) atoms. The fraction of sp³-hybridized carbons (Fsp3) is 0.500. The van der Waals surface area contributed by atoms with Gasteiger partial charge in [-0.1, -0.05) is 25.1 Å². The zero-order chi connectivity index (χ0) is 16.2. The van der Waals surface area contributed by atoms with Crippen LogP contribution in [0.1, 0.15) is 19.4 Å². The van der Waals surface area contributed by atoms with Crippen LogP contribution in [0.15, 0.2) is 24.3 Å². The summed E-state index contributed by atoms with van der Waals surface area (Å²) in [5, 5.41) is 0. The maximum Gasteiger partial charge on any atom is 0.573 e. The first kappa shape index (κ1) is 20.5. The maximum atomic E-state index is 12.3. The van der Waals surface area contributed by atoms with Gasteiger partial charge in [-0.25, -0.2) is 0 Å². The molecule has 2 atom stereocenters. The first-order valence-electron chi connectivity index (χ1n) is 6.46. The van der Waals surface area contributed by atoms with E-state index in [0.717, 1.165) is 0 Å². The molecule has 1 aromatic rings. The van der Waals surface area contributed by atoms with Crippen LogP contribution in [0.2, 0.25) is 0 Å². The van der Waals surface area contributed by atoms with Gasteiger partial charge >= 0.3 is 6.36 Å². The van der Waals surface area contributed by atoms with Gasteiger partial charge in [0.05, 0.1) is 5.92 Å². The summed E-state index contributed by atoms with van der Waals surface area (Å²) in [7, 11) is 1.52. The van der Waals surface area contributed by atoms with Crippen LogP contribution in [0.3, 0.4) is 0 Å². The van der Waals surface area contributed by atoms with Crippen molar-refractivity contribution in [2.24, 2.45) is 11.7 Å². The van der Waals surface area contributed by atoms with Crippen LogP contribution in [0.25, 0.3) is 0 Å². The van der Waals surface area contributed by atoms with Gasteiger partial charge in [-0.05, 0) is 13.0 Å². The Hall–Kier alpha value is -1.47. The van der Waals surface area contributed by atoms with Crippen molar-refractivity contribution >= 4 is 18.3 Å². The van der Waals surface area contributed by atoms with E-state index in [1.807, 2.05) is 0 Å². The lowest BCUT2D eigenvalue weighted by Crippen LogP contribution is -2.39. The largest absolute Gasteiger partial charge is 0.573 e. The monoisotopic (exact) mass is 340 g/mol. The Morgan fingerprint density at radius 3 is 2.36 bits per heavy atom. The normalized spacial score (nSPS) is 13.8. The molecule has 0 bridgehead atoms. The summed E-state index contributed by atoms with van der Waals surface area (Å²) >= 11 is 0. The Morgan fingerprint density at radius 1 is 1.32 bits per heavy atom. The Labute approximate surface area is 133 Å². The van der Waals surface area contributed by atoms with Crippen molar-refractivity contribution in [1.29, 1.82) is 0 Å². The fourth-order valence-electron chi connectivity index (χ4n) is 1.76. The Kier molecular flexibility index (Phi) is 7.69. The van der Waals surface area contributed by atoms with Crippen LogP contribution in [0.4, 0.5) is 13.2 Å². The molecule has 0 aromatic heterocycles. The highest BCUT2D eigenvalue weighted by molar-refractivity contribution is 5.85. The van der Waals surface area contributed by atoms with Crippen LogP contribution < -0.4 is 10.5 Å². The van der Waals surface area contributed by atoms with Crippen molar-refractivity contribution in [2.75, 3.05) is 7.05 Å². The van der Waals surface area contributed by atoms with Crippen LogP contribution >= 0.6 is 12.4 Å². The molecule has 8 heteroatoms. The van der Waals surface area contributed by atoms with Crippen molar-refractivity contribution in [1.82, 2.24) is 4.90 Å². The summed E-state index contributed by atoms with van der Waals surface area (Å²) in [6, 6.07) is 5.40.